The second-order valence-electron chi connectivity index (χ2n) is 5.10. The Morgan fingerprint density at radius 1 is 1.43 bits per heavy atom. The number of carbonyl (C=O) groups is 2. The number of ether oxygens (including phenoxy) is 1. The Bertz CT molecular complexity index is 499. The summed E-state index contributed by atoms with van der Waals surface area (Å²) in [6.07, 6.45) is 2.39. The molecule has 114 valence electrons. The fourth-order valence-corrected chi connectivity index (χ4v) is 2.28. The van der Waals surface area contributed by atoms with Gasteiger partial charge >= 0.3 is 0 Å². The highest BCUT2D eigenvalue weighted by molar-refractivity contribution is 5.93. The lowest BCUT2D eigenvalue weighted by Crippen LogP contribution is -2.45. The molecule has 1 aliphatic rings. The van der Waals surface area contributed by atoms with Crippen LogP contribution in [0.25, 0.3) is 0 Å². The molecule has 0 aromatic heterocycles. The zero-order valence-electron chi connectivity index (χ0n) is 11.9. The molecule has 1 atom stereocenters. The summed E-state index contributed by atoms with van der Waals surface area (Å²) >= 11 is 0. The molecule has 0 radical (unpaired) electrons. The molecule has 2 amide bonds. The maximum atomic E-state index is 11.8. The lowest BCUT2D eigenvalue weighted by molar-refractivity contribution is -0.122. The average molecular weight is 291 g/mol. The van der Waals surface area contributed by atoms with E-state index in [4.69, 9.17) is 10.5 Å². The van der Waals surface area contributed by atoms with Gasteiger partial charge in [0.1, 0.15) is 5.75 Å². The Labute approximate surface area is 124 Å². The number of primary amides is 1. The molecule has 4 N–H and O–H groups in total. The van der Waals surface area contributed by atoms with Gasteiger partial charge in [-0.2, -0.15) is 0 Å². The summed E-state index contributed by atoms with van der Waals surface area (Å²) in [5.74, 6) is 0.0242. The van der Waals surface area contributed by atoms with Gasteiger partial charge < -0.3 is 21.1 Å². The minimum absolute atomic E-state index is 0.0187. The molecular formula is C15H21N3O3. The Morgan fingerprint density at radius 3 is 3.00 bits per heavy atom. The van der Waals surface area contributed by atoms with Crippen LogP contribution in [0.2, 0.25) is 0 Å². The summed E-state index contributed by atoms with van der Waals surface area (Å²) in [5.41, 5.74) is 5.59. The summed E-state index contributed by atoms with van der Waals surface area (Å²) in [7, 11) is 0. The smallest absolute Gasteiger partial charge is 0.248 e. The lowest BCUT2D eigenvalue weighted by atomic mass is 10.1. The van der Waals surface area contributed by atoms with Crippen LogP contribution in [0.1, 0.15) is 29.6 Å². The van der Waals surface area contributed by atoms with Gasteiger partial charge in [-0.1, -0.05) is 6.07 Å². The minimum Gasteiger partial charge on any atom is -0.493 e. The summed E-state index contributed by atoms with van der Waals surface area (Å²) in [5, 5.41) is 6.23. The molecule has 1 aromatic rings. The largest absolute Gasteiger partial charge is 0.493 e. The van der Waals surface area contributed by atoms with Crippen molar-refractivity contribution in [2.75, 3.05) is 19.7 Å². The summed E-state index contributed by atoms with van der Waals surface area (Å²) in [4.78, 5) is 22.8. The van der Waals surface area contributed by atoms with Crippen molar-refractivity contribution in [3.63, 3.8) is 0 Å². The molecule has 21 heavy (non-hydrogen) atoms. The molecule has 0 unspecified atom stereocenters. The highest BCUT2D eigenvalue weighted by Crippen LogP contribution is 2.13. The Balaban J connectivity index is 1.72. The molecule has 1 heterocycles. The second-order valence-corrected chi connectivity index (χ2v) is 5.10. The van der Waals surface area contributed by atoms with Crippen molar-refractivity contribution in [2.45, 2.75) is 25.3 Å². The normalized spacial score (nSPS) is 18.0. The molecule has 0 spiro atoms. The first-order valence-electron chi connectivity index (χ1n) is 7.18. The van der Waals surface area contributed by atoms with Crippen LogP contribution in [0.15, 0.2) is 24.3 Å². The van der Waals surface area contributed by atoms with Gasteiger partial charge in [-0.3, -0.25) is 9.59 Å². The minimum atomic E-state index is -0.497. The average Bonchev–Trinajstić information content (AvgIpc) is 2.48. The molecule has 0 saturated carbocycles. The molecular weight excluding hydrogens is 270 g/mol. The zero-order chi connectivity index (χ0) is 15.1. The van der Waals surface area contributed by atoms with Crippen LogP contribution in [-0.2, 0) is 4.79 Å². The van der Waals surface area contributed by atoms with Gasteiger partial charge in [-0.15, -0.1) is 0 Å². The SMILES string of the molecule is NC(=O)c1cccc(OCCC(=O)N[C@H]2CCCNC2)c1. The van der Waals surface area contributed by atoms with E-state index in [1.807, 2.05) is 0 Å². The standard InChI is InChI=1S/C15H21N3O3/c16-15(20)11-3-1-5-13(9-11)21-8-6-14(19)18-12-4-2-7-17-10-12/h1,3,5,9,12,17H,2,4,6-8,10H2,(H2,16,20)(H,18,19)/t12-/m0/s1. The van der Waals surface area contributed by atoms with E-state index < -0.39 is 5.91 Å². The van der Waals surface area contributed by atoms with Crippen molar-refractivity contribution in [3.05, 3.63) is 29.8 Å². The van der Waals surface area contributed by atoms with Gasteiger partial charge in [0.2, 0.25) is 11.8 Å². The topological polar surface area (TPSA) is 93.5 Å². The maximum Gasteiger partial charge on any atom is 0.248 e. The van der Waals surface area contributed by atoms with Crippen LogP contribution in [0.5, 0.6) is 5.75 Å². The molecule has 0 bridgehead atoms. The predicted molar refractivity (Wildman–Crippen MR) is 79.1 cm³/mol. The number of nitrogens with one attached hydrogen (secondary N) is 2. The quantitative estimate of drug-likeness (QED) is 0.708. The van der Waals surface area contributed by atoms with Crippen LogP contribution < -0.4 is 21.1 Å². The van der Waals surface area contributed by atoms with Crippen LogP contribution >= 0.6 is 0 Å². The highest BCUT2D eigenvalue weighted by atomic mass is 16.5. The van der Waals surface area contributed by atoms with E-state index in [9.17, 15) is 9.59 Å². The van der Waals surface area contributed by atoms with Crippen molar-refractivity contribution < 1.29 is 14.3 Å². The van der Waals surface area contributed by atoms with E-state index in [1.165, 1.54) is 0 Å². The van der Waals surface area contributed by atoms with Gasteiger partial charge in [0, 0.05) is 18.2 Å². The fourth-order valence-electron chi connectivity index (χ4n) is 2.28. The molecule has 6 nitrogen and oxygen atoms in total. The molecule has 1 aromatic carbocycles. The number of amides is 2. The summed E-state index contributed by atoms with van der Waals surface area (Å²) < 4.78 is 5.47. The van der Waals surface area contributed by atoms with Crippen LogP contribution in [0, 0.1) is 0 Å². The van der Waals surface area contributed by atoms with Crippen LogP contribution in [0.4, 0.5) is 0 Å². The molecule has 1 aliphatic heterocycles. The van der Waals surface area contributed by atoms with Gasteiger partial charge in [-0.05, 0) is 37.6 Å². The van der Waals surface area contributed by atoms with E-state index in [0.29, 0.717) is 11.3 Å². The van der Waals surface area contributed by atoms with E-state index >= 15 is 0 Å². The summed E-state index contributed by atoms with van der Waals surface area (Å²) in [6, 6.07) is 6.84. The summed E-state index contributed by atoms with van der Waals surface area (Å²) in [6.45, 7) is 2.12. The fraction of sp³-hybridized carbons (Fsp3) is 0.467. The number of piperidine rings is 1. The first-order valence-corrected chi connectivity index (χ1v) is 7.18. The predicted octanol–water partition coefficient (Wildman–Crippen LogP) is 0.423. The first kappa shape index (κ1) is 15.3. The van der Waals surface area contributed by atoms with Gasteiger partial charge in [0.05, 0.1) is 13.0 Å². The van der Waals surface area contributed by atoms with Crippen molar-refractivity contribution in [1.29, 1.82) is 0 Å². The number of carbonyl (C=O) groups excluding carboxylic acids is 2. The monoisotopic (exact) mass is 291 g/mol. The van der Waals surface area contributed by atoms with Gasteiger partial charge in [0.15, 0.2) is 0 Å². The van der Waals surface area contributed by atoms with E-state index in [0.717, 1.165) is 25.9 Å². The molecule has 1 saturated heterocycles. The Morgan fingerprint density at radius 2 is 2.29 bits per heavy atom. The third-order valence-electron chi connectivity index (χ3n) is 3.38. The van der Waals surface area contributed by atoms with E-state index in [-0.39, 0.29) is 25.0 Å². The van der Waals surface area contributed by atoms with Crippen LogP contribution in [0.3, 0.4) is 0 Å². The third kappa shape index (κ3) is 5.07. The third-order valence-corrected chi connectivity index (χ3v) is 3.38. The lowest BCUT2D eigenvalue weighted by Gasteiger charge is -2.23. The molecule has 6 heteroatoms. The molecule has 2 rings (SSSR count). The molecule has 1 fully saturated rings. The van der Waals surface area contributed by atoms with Gasteiger partial charge in [-0.25, -0.2) is 0 Å². The van der Waals surface area contributed by atoms with E-state index in [2.05, 4.69) is 10.6 Å². The van der Waals surface area contributed by atoms with Crippen molar-refractivity contribution in [3.8, 4) is 5.75 Å². The van der Waals surface area contributed by atoms with E-state index in [1.54, 1.807) is 24.3 Å². The van der Waals surface area contributed by atoms with Crippen molar-refractivity contribution >= 4 is 11.8 Å². The van der Waals surface area contributed by atoms with Gasteiger partial charge in [0.25, 0.3) is 0 Å². The van der Waals surface area contributed by atoms with Crippen molar-refractivity contribution in [1.82, 2.24) is 10.6 Å². The van der Waals surface area contributed by atoms with Crippen molar-refractivity contribution in [2.24, 2.45) is 5.73 Å². The number of hydrogen-bond donors (Lipinski definition) is 3. The Kier molecular flexibility index (Phi) is 5.57. The first-order chi connectivity index (χ1) is 10.1. The number of hydrogen-bond acceptors (Lipinski definition) is 4. The second kappa shape index (κ2) is 7.64. The maximum absolute atomic E-state index is 11.8. The molecule has 0 aliphatic carbocycles. The van der Waals surface area contributed by atoms with Crippen LogP contribution in [-0.4, -0.2) is 37.6 Å². The number of nitrogens with two attached hydrogens (primary N) is 1. The zero-order valence-corrected chi connectivity index (χ0v) is 11.9. The number of benzene rings is 1. The highest BCUT2D eigenvalue weighted by Gasteiger charge is 2.15. The number of rotatable bonds is 6. The Hall–Kier alpha value is -2.08.